The van der Waals surface area contributed by atoms with Crippen molar-refractivity contribution in [3.05, 3.63) is 51.4 Å². The van der Waals surface area contributed by atoms with E-state index >= 15 is 0 Å². The largest absolute Gasteiger partial charge is 0.353 e. The molecule has 23 heavy (non-hydrogen) atoms. The molecule has 2 aromatic rings. The SMILES string of the molecule is CCc1ccc(C2NC(=O)c3c(sc4c3CC[NH+](C)C4)N2)cc1. The van der Waals surface area contributed by atoms with E-state index in [-0.39, 0.29) is 12.1 Å². The number of nitrogens with one attached hydrogen (secondary N) is 3. The number of benzene rings is 1. The molecule has 0 spiro atoms. The molecule has 3 N–H and O–H groups in total. The van der Waals surface area contributed by atoms with E-state index in [1.165, 1.54) is 20.9 Å². The van der Waals surface area contributed by atoms with Gasteiger partial charge in [-0.25, -0.2) is 0 Å². The van der Waals surface area contributed by atoms with Crippen LogP contribution in [0.5, 0.6) is 0 Å². The van der Waals surface area contributed by atoms with Crippen LogP contribution < -0.4 is 15.5 Å². The number of quaternary nitrogens is 1. The van der Waals surface area contributed by atoms with Crippen LogP contribution in [-0.4, -0.2) is 19.5 Å². The minimum absolute atomic E-state index is 0.0698. The van der Waals surface area contributed by atoms with Crippen LogP contribution in [0.3, 0.4) is 0 Å². The molecule has 1 aromatic heterocycles. The van der Waals surface area contributed by atoms with Gasteiger partial charge in [-0.2, -0.15) is 0 Å². The van der Waals surface area contributed by atoms with Gasteiger partial charge in [0.15, 0.2) is 0 Å². The highest BCUT2D eigenvalue weighted by Gasteiger charge is 2.33. The van der Waals surface area contributed by atoms with Crippen molar-refractivity contribution in [1.29, 1.82) is 0 Å². The van der Waals surface area contributed by atoms with Crippen molar-refractivity contribution in [3.8, 4) is 0 Å². The van der Waals surface area contributed by atoms with E-state index in [4.69, 9.17) is 0 Å². The molecule has 0 saturated heterocycles. The van der Waals surface area contributed by atoms with E-state index in [2.05, 4.69) is 48.9 Å². The van der Waals surface area contributed by atoms with Gasteiger partial charge >= 0.3 is 0 Å². The Labute approximate surface area is 140 Å². The Morgan fingerprint density at radius 2 is 2.04 bits per heavy atom. The third-order valence-electron chi connectivity index (χ3n) is 4.85. The minimum Gasteiger partial charge on any atom is -0.353 e. The summed E-state index contributed by atoms with van der Waals surface area (Å²) in [7, 11) is 2.22. The van der Waals surface area contributed by atoms with Gasteiger partial charge in [0.25, 0.3) is 5.91 Å². The lowest BCUT2D eigenvalue weighted by Crippen LogP contribution is -3.08. The topological polar surface area (TPSA) is 45.6 Å². The van der Waals surface area contributed by atoms with Gasteiger partial charge in [0.05, 0.1) is 24.0 Å². The predicted octanol–water partition coefficient (Wildman–Crippen LogP) is 1.74. The summed E-state index contributed by atoms with van der Waals surface area (Å²) in [6, 6.07) is 8.48. The highest BCUT2D eigenvalue weighted by atomic mass is 32.1. The molecule has 4 nitrogen and oxygen atoms in total. The minimum atomic E-state index is -0.133. The van der Waals surface area contributed by atoms with E-state index in [9.17, 15) is 4.79 Å². The molecule has 2 unspecified atom stereocenters. The fourth-order valence-corrected chi connectivity index (χ4v) is 4.83. The average molecular weight is 328 g/mol. The van der Waals surface area contributed by atoms with Crippen molar-refractivity contribution in [1.82, 2.24) is 5.32 Å². The molecule has 5 heteroatoms. The quantitative estimate of drug-likeness (QED) is 0.786. The van der Waals surface area contributed by atoms with Crippen LogP contribution in [0.1, 0.15) is 45.0 Å². The maximum absolute atomic E-state index is 12.7. The van der Waals surface area contributed by atoms with Gasteiger partial charge in [-0.15, -0.1) is 11.3 Å². The van der Waals surface area contributed by atoms with Crippen molar-refractivity contribution in [2.75, 3.05) is 18.9 Å². The van der Waals surface area contributed by atoms with E-state index in [1.54, 1.807) is 11.3 Å². The Morgan fingerprint density at radius 1 is 1.26 bits per heavy atom. The number of hydrogen-bond donors (Lipinski definition) is 3. The normalized spacial score (nSPS) is 22.8. The molecule has 0 radical (unpaired) electrons. The summed E-state index contributed by atoms with van der Waals surface area (Å²) < 4.78 is 0. The lowest BCUT2D eigenvalue weighted by Gasteiger charge is -2.27. The molecule has 120 valence electrons. The molecule has 1 aromatic carbocycles. The van der Waals surface area contributed by atoms with Gasteiger partial charge in [-0.1, -0.05) is 31.2 Å². The number of carbonyl (C=O) groups is 1. The number of amides is 1. The molecule has 3 heterocycles. The second-order valence-electron chi connectivity index (χ2n) is 6.49. The summed E-state index contributed by atoms with van der Waals surface area (Å²) >= 11 is 1.76. The van der Waals surface area contributed by atoms with E-state index in [1.807, 2.05) is 0 Å². The molecule has 2 aliphatic rings. The van der Waals surface area contributed by atoms with Crippen LogP contribution in [0.4, 0.5) is 5.00 Å². The summed E-state index contributed by atoms with van der Waals surface area (Å²) in [5.41, 5.74) is 4.57. The predicted molar refractivity (Wildman–Crippen MR) is 93.1 cm³/mol. The third-order valence-corrected chi connectivity index (χ3v) is 6.02. The van der Waals surface area contributed by atoms with Crippen molar-refractivity contribution < 1.29 is 9.69 Å². The van der Waals surface area contributed by atoms with Crippen LogP contribution in [0, 0.1) is 0 Å². The fraction of sp³-hybridized carbons (Fsp3) is 0.389. The van der Waals surface area contributed by atoms with Crippen molar-refractivity contribution >= 4 is 22.2 Å². The first kappa shape index (κ1) is 14.7. The molecular weight excluding hydrogens is 306 g/mol. The van der Waals surface area contributed by atoms with Gasteiger partial charge in [0.1, 0.15) is 17.7 Å². The molecular formula is C18H22N3OS+. The number of carbonyl (C=O) groups excluding carboxylic acids is 1. The lowest BCUT2D eigenvalue weighted by atomic mass is 10.0. The summed E-state index contributed by atoms with van der Waals surface area (Å²) in [5, 5.41) is 7.69. The van der Waals surface area contributed by atoms with E-state index in [0.29, 0.717) is 0 Å². The molecule has 4 rings (SSSR count). The Kier molecular flexibility index (Phi) is 3.62. The van der Waals surface area contributed by atoms with Gasteiger partial charge < -0.3 is 15.5 Å². The molecule has 0 aliphatic carbocycles. The number of likely N-dealkylation sites (N-methyl/N-ethyl adjacent to an activating group) is 1. The monoisotopic (exact) mass is 328 g/mol. The third kappa shape index (κ3) is 2.54. The van der Waals surface area contributed by atoms with E-state index in [0.717, 1.165) is 42.1 Å². The zero-order valence-electron chi connectivity index (χ0n) is 13.5. The first-order valence-electron chi connectivity index (χ1n) is 8.27. The number of rotatable bonds is 2. The Balaban J connectivity index is 1.65. The molecule has 1 amide bonds. The maximum atomic E-state index is 12.7. The summed E-state index contributed by atoms with van der Waals surface area (Å²) in [5.74, 6) is 0.0698. The molecule has 0 fully saturated rings. The zero-order valence-corrected chi connectivity index (χ0v) is 14.3. The first-order chi connectivity index (χ1) is 11.2. The van der Waals surface area contributed by atoms with Gasteiger partial charge in [0, 0.05) is 6.42 Å². The zero-order chi connectivity index (χ0) is 16.0. The Morgan fingerprint density at radius 3 is 2.78 bits per heavy atom. The first-order valence-corrected chi connectivity index (χ1v) is 9.09. The van der Waals surface area contributed by atoms with Gasteiger partial charge in [0.2, 0.25) is 0 Å². The Hall–Kier alpha value is -1.85. The van der Waals surface area contributed by atoms with Crippen molar-refractivity contribution in [2.45, 2.75) is 32.5 Å². The van der Waals surface area contributed by atoms with Crippen LogP contribution in [-0.2, 0) is 19.4 Å². The Bertz CT molecular complexity index is 750. The van der Waals surface area contributed by atoms with Crippen LogP contribution >= 0.6 is 11.3 Å². The van der Waals surface area contributed by atoms with Crippen LogP contribution in [0.15, 0.2) is 24.3 Å². The molecule has 0 saturated carbocycles. The van der Waals surface area contributed by atoms with Gasteiger partial charge in [-0.05, 0) is 23.1 Å². The highest BCUT2D eigenvalue weighted by Crippen LogP contribution is 2.38. The van der Waals surface area contributed by atoms with Crippen molar-refractivity contribution in [2.24, 2.45) is 0 Å². The van der Waals surface area contributed by atoms with Crippen molar-refractivity contribution in [3.63, 3.8) is 0 Å². The standard InChI is InChI=1S/C18H21N3OS/c1-3-11-4-6-12(7-5-11)16-19-17(22)15-13-8-9-21(2)10-14(13)23-18(15)20-16/h4-7,16,20H,3,8-10H2,1-2H3,(H,19,22)/p+1. The summed E-state index contributed by atoms with van der Waals surface area (Å²) in [6.45, 7) is 4.28. The van der Waals surface area contributed by atoms with Crippen LogP contribution in [0.2, 0.25) is 0 Å². The average Bonchev–Trinajstić information content (AvgIpc) is 2.92. The fourth-order valence-electron chi connectivity index (χ4n) is 3.45. The maximum Gasteiger partial charge on any atom is 0.256 e. The molecule has 0 bridgehead atoms. The van der Waals surface area contributed by atoms with Crippen LogP contribution in [0.25, 0.3) is 0 Å². The van der Waals surface area contributed by atoms with Gasteiger partial charge in [-0.3, -0.25) is 4.79 Å². The lowest BCUT2D eigenvalue weighted by molar-refractivity contribution is -0.895. The second kappa shape index (κ2) is 5.65. The number of anilines is 1. The number of fused-ring (bicyclic) bond motifs is 3. The molecule has 2 aliphatic heterocycles. The highest BCUT2D eigenvalue weighted by molar-refractivity contribution is 7.16. The number of thiophene rings is 1. The summed E-state index contributed by atoms with van der Waals surface area (Å²) in [6.07, 6.45) is 1.89. The van der Waals surface area contributed by atoms with E-state index < -0.39 is 0 Å². The summed E-state index contributed by atoms with van der Waals surface area (Å²) in [4.78, 5) is 15.5. The molecule has 2 atom stereocenters. The number of hydrogen-bond acceptors (Lipinski definition) is 3. The second-order valence-corrected chi connectivity index (χ2v) is 7.59. The number of aryl methyl sites for hydroxylation is 1. The smallest absolute Gasteiger partial charge is 0.256 e.